The first kappa shape index (κ1) is 14.0. The van der Waals surface area contributed by atoms with Gasteiger partial charge in [0.15, 0.2) is 5.65 Å². The van der Waals surface area contributed by atoms with E-state index in [2.05, 4.69) is 4.98 Å². The molecule has 0 atom stereocenters. The lowest BCUT2D eigenvalue weighted by Gasteiger charge is -2.30. The second kappa shape index (κ2) is 5.59. The summed E-state index contributed by atoms with van der Waals surface area (Å²) in [4.78, 5) is 33.2. The summed E-state index contributed by atoms with van der Waals surface area (Å²) >= 11 is 1.58. The number of carbonyl (C=O) groups is 1. The quantitative estimate of drug-likeness (QED) is 0.731. The summed E-state index contributed by atoms with van der Waals surface area (Å²) in [5.41, 5.74) is 1.22. The highest BCUT2D eigenvalue weighted by atomic mass is 32.1. The maximum Gasteiger partial charge on any atom is 0.330 e. The lowest BCUT2D eigenvalue weighted by molar-refractivity contribution is -0.135. The van der Waals surface area contributed by atoms with Crippen molar-refractivity contribution < 1.29 is 6.17 Å². The van der Waals surface area contributed by atoms with E-state index in [0.717, 1.165) is 29.3 Å². The number of carbonyl (C=O) groups excluding carboxylic acids is 1. The van der Waals surface area contributed by atoms with Crippen molar-refractivity contribution in [1.29, 1.82) is 0 Å². The second-order valence-electron chi connectivity index (χ2n) is 6.04. The lowest BCUT2D eigenvalue weighted by atomic mass is 10.2. The predicted octanol–water partition coefficient (Wildman–Crippen LogP) is 2.00. The Morgan fingerprint density at radius 1 is 1.42 bits per heavy atom. The van der Waals surface area contributed by atoms with Crippen molar-refractivity contribution in [3.05, 3.63) is 39.7 Å². The number of aryl methyl sites for hydroxylation is 2. The average Bonchev–Trinajstić information content (AvgIpc) is 3.04. The van der Waals surface area contributed by atoms with Crippen LogP contribution in [0.3, 0.4) is 0 Å². The molecule has 0 aromatic carbocycles. The lowest BCUT2D eigenvalue weighted by Crippen LogP contribution is -2.44. The smallest absolute Gasteiger partial charge is 0.330 e. The molecular formula is C17H18N4O2S. The predicted molar refractivity (Wildman–Crippen MR) is 94.2 cm³/mol. The molecule has 1 fully saturated rings. The molecule has 0 bridgehead atoms. The van der Waals surface area contributed by atoms with Gasteiger partial charge in [-0.25, -0.2) is 9.78 Å². The van der Waals surface area contributed by atoms with E-state index >= 15 is 0 Å². The fourth-order valence-electron chi connectivity index (χ4n) is 2.86. The van der Waals surface area contributed by atoms with Crippen LogP contribution in [-0.4, -0.2) is 38.0 Å². The van der Waals surface area contributed by atoms with Crippen LogP contribution in [0.2, 0.25) is 0 Å². The Balaban J connectivity index is 1.88. The maximum atomic E-state index is 12.6. The Kier molecular flexibility index (Phi) is 3.26. The van der Waals surface area contributed by atoms with Crippen molar-refractivity contribution in [1.82, 2.24) is 19.0 Å². The number of thiophene rings is 1. The summed E-state index contributed by atoms with van der Waals surface area (Å²) in [7, 11) is 1.62. The molecule has 6 nitrogen and oxygen atoms in total. The summed E-state index contributed by atoms with van der Waals surface area (Å²) in [6.45, 7) is 3.44. The van der Waals surface area contributed by atoms with Crippen LogP contribution < -0.4 is 5.69 Å². The van der Waals surface area contributed by atoms with E-state index in [9.17, 15) is 9.59 Å². The minimum absolute atomic E-state index is 0.0450. The van der Waals surface area contributed by atoms with Gasteiger partial charge < -0.3 is 4.90 Å². The Morgan fingerprint density at radius 2 is 2.21 bits per heavy atom. The van der Waals surface area contributed by atoms with E-state index in [1.165, 1.54) is 9.13 Å². The molecule has 7 heteroatoms. The van der Waals surface area contributed by atoms with Crippen molar-refractivity contribution in [3.8, 4) is 10.4 Å². The Bertz CT molecular complexity index is 1050. The van der Waals surface area contributed by atoms with Crippen molar-refractivity contribution >= 4 is 28.4 Å². The monoisotopic (exact) mass is 343 g/mol. The molecule has 3 aromatic heterocycles. The number of fused-ring (bicyclic) bond motifs is 1. The Hall–Kier alpha value is -2.41. The highest BCUT2D eigenvalue weighted by Crippen LogP contribution is 2.28. The average molecular weight is 343 g/mol. The SMILES string of the molecule is [2H]c1c(-c2ccc(C)s2)cnc2c1n(CC(=O)N1CCC1)c(=O)n2C. The van der Waals surface area contributed by atoms with Crippen molar-refractivity contribution in [2.24, 2.45) is 7.05 Å². The van der Waals surface area contributed by atoms with Crippen LogP contribution in [-0.2, 0) is 18.4 Å². The summed E-state index contributed by atoms with van der Waals surface area (Å²) in [6.07, 6.45) is 2.64. The normalized spacial score (nSPS) is 14.8. The van der Waals surface area contributed by atoms with E-state index in [-0.39, 0.29) is 24.2 Å². The van der Waals surface area contributed by atoms with Crippen LogP contribution in [0.1, 0.15) is 12.7 Å². The van der Waals surface area contributed by atoms with E-state index in [1.54, 1.807) is 29.5 Å². The first-order valence-electron chi connectivity index (χ1n) is 8.37. The highest BCUT2D eigenvalue weighted by molar-refractivity contribution is 7.15. The van der Waals surface area contributed by atoms with Gasteiger partial charge in [0, 0.05) is 41.7 Å². The van der Waals surface area contributed by atoms with Gasteiger partial charge in [0.05, 0.1) is 6.89 Å². The number of amides is 1. The fraction of sp³-hybridized carbons (Fsp3) is 0.353. The van der Waals surface area contributed by atoms with Gasteiger partial charge in [-0.2, -0.15) is 0 Å². The summed E-state index contributed by atoms with van der Waals surface area (Å²) < 4.78 is 11.4. The van der Waals surface area contributed by atoms with E-state index < -0.39 is 0 Å². The van der Waals surface area contributed by atoms with Gasteiger partial charge in [0.25, 0.3) is 0 Å². The van der Waals surface area contributed by atoms with Crippen LogP contribution in [0.4, 0.5) is 0 Å². The van der Waals surface area contributed by atoms with Crippen LogP contribution in [0.25, 0.3) is 21.6 Å². The number of aromatic nitrogens is 3. The molecule has 0 N–H and O–H groups in total. The third-order valence-corrected chi connectivity index (χ3v) is 5.43. The number of pyridine rings is 1. The largest absolute Gasteiger partial charge is 0.341 e. The second-order valence-corrected chi connectivity index (χ2v) is 7.33. The molecule has 0 saturated carbocycles. The molecule has 0 aliphatic carbocycles. The van der Waals surface area contributed by atoms with Crippen molar-refractivity contribution in [2.75, 3.05) is 13.1 Å². The third kappa shape index (κ3) is 2.36. The zero-order valence-corrected chi connectivity index (χ0v) is 14.4. The first-order chi connectivity index (χ1) is 12.0. The third-order valence-electron chi connectivity index (χ3n) is 4.39. The minimum atomic E-state index is -0.315. The van der Waals surface area contributed by atoms with Crippen LogP contribution >= 0.6 is 11.3 Å². The van der Waals surface area contributed by atoms with Crippen molar-refractivity contribution in [2.45, 2.75) is 19.9 Å². The fourth-order valence-corrected chi connectivity index (χ4v) is 3.69. The van der Waals surface area contributed by atoms with Crippen LogP contribution in [0, 0.1) is 6.92 Å². The number of likely N-dealkylation sites (tertiary alicyclic amines) is 1. The molecule has 0 unspecified atom stereocenters. The highest BCUT2D eigenvalue weighted by Gasteiger charge is 2.23. The van der Waals surface area contributed by atoms with Crippen molar-refractivity contribution in [3.63, 3.8) is 0 Å². The van der Waals surface area contributed by atoms with Gasteiger partial charge in [-0.1, -0.05) is 0 Å². The number of hydrogen-bond donors (Lipinski definition) is 0. The first-order valence-corrected chi connectivity index (χ1v) is 8.68. The minimum Gasteiger partial charge on any atom is -0.341 e. The molecular weight excluding hydrogens is 324 g/mol. The zero-order chi connectivity index (χ0) is 17.7. The summed E-state index contributed by atoms with van der Waals surface area (Å²) in [6, 6.07) is 4.19. The molecule has 1 aliphatic rings. The molecule has 3 aromatic rings. The van der Waals surface area contributed by atoms with E-state index in [4.69, 9.17) is 1.37 Å². The topological polar surface area (TPSA) is 60.1 Å². The number of rotatable bonds is 3. The molecule has 124 valence electrons. The number of hydrogen-bond acceptors (Lipinski definition) is 4. The summed E-state index contributed by atoms with van der Waals surface area (Å²) in [5, 5.41) is 0. The molecule has 1 aliphatic heterocycles. The van der Waals surface area contributed by atoms with E-state index in [0.29, 0.717) is 16.7 Å². The Morgan fingerprint density at radius 3 is 2.83 bits per heavy atom. The number of nitrogens with zero attached hydrogens (tertiary/aromatic N) is 4. The standard InChI is InChI=1S/C17H18N4O2S/c1-11-4-5-14(24-11)12-8-13-16(18-9-12)19(2)17(23)21(13)10-15(22)20-6-3-7-20/h4-5,8-9H,3,6-7,10H2,1-2H3/i8D. The molecule has 4 heterocycles. The summed E-state index contributed by atoms with van der Waals surface area (Å²) in [5.74, 6) is -0.0855. The van der Waals surface area contributed by atoms with Gasteiger partial charge in [0.2, 0.25) is 5.91 Å². The molecule has 0 radical (unpaired) electrons. The molecule has 1 saturated heterocycles. The van der Waals surface area contributed by atoms with Gasteiger partial charge in [-0.05, 0) is 31.5 Å². The van der Waals surface area contributed by atoms with Gasteiger partial charge in [0.1, 0.15) is 6.54 Å². The maximum absolute atomic E-state index is 12.6. The van der Waals surface area contributed by atoms with Gasteiger partial charge in [-0.15, -0.1) is 11.3 Å². The molecule has 4 rings (SSSR count). The van der Waals surface area contributed by atoms with Gasteiger partial charge in [-0.3, -0.25) is 13.9 Å². The molecule has 1 amide bonds. The molecule has 0 spiro atoms. The van der Waals surface area contributed by atoms with Crippen LogP contribution in [0.5, 0.6) is 0 Å². The number of imidazole rings is 1. The zero-order valence-electron chi connectivity index (χ0n) is 14.6. The van der Waals surface area contributed by atoms with Crippen LogP contribution in [0.15, 0.2) is 29.2 Å². The Labute approximate surface area is 144 Å². The van der Waals surface area contributed by atoms with E-state index in [1.807, 2.05) is 19.1 Å². The molecule has 24 heavy (non-hydrogen) atoms. The van der Waals surface area contributed by atoms with Gasteiger partial charge >= 0.3 is 5.69 Å².